The molecule has 96 valence electrons. The van der Waals surface area contributed by atoms with Crippen molar-refractivity contribution in [2.45, 2.75) is 18.9 Å². The number of fused-ring (bicyclic) bond motifs is 1. The Hall–Kier alpha value is -2.28. The van der Waals surface area contributed by atoms with Crippen LogP contribution >= 0.6 is 0 Å². The fraction of sp³-hybridized carbons (Fsp3) is 0.333. The van der Waals surface area contributed by atoms with Gasteiger partial charge in [0.25, 0.3) is 5.91 Å². The van der Waals surface area contributed by atoms with Gasteiger partial charge in [-0.1, -0.05) is 18.2 Å². The van der Waals surface area contributed by atoms with Crippen molar-refractivity contribution in [1.29, 1.82) is 5.26 Å². The Morgan fingerprint density at radius 2 is 2.21 bits per heavy atom. The van der Waals surface area contributed by atoms with Gasteiger partial charge in [0.1, 0.15) is 6.54 Å². The fourth-order valence-corrected chi connectivity index (χ4v) is 2.50. The van der Waals surface area contributed by atoms with Crippen LogP contribution in [0, 0.1) is 11.3 Å². The summed E-state index contributed by atoms with van der Waals surface area (Å²) >= 11 is 0. The summed E-state index contributed by atoms with van der Waals surface area (Å²) in [4.78, 5) is 14.3. The maximum Gasteiger partial charge on any atom is 0.257 e. The van der Waals surface area contributed by atoms with Crippen molar-refractivity contribution in [3.05, 3.63) is 36.0 Å². The molecular weight excluding hydrogens is 238 g/mol. The number of para-hydroxylation sites is 1. The molecule has 1 aromatic carbocycles. The first-order valence-corrected chi connectivity index (χ1v) is 6.44. The molecule has 0 radical (unpaired) electrons. The van der Waals surface area contributed by atoms with Crippen molar-refractivity contribution in [3.8, 4) is 6.07 Å². The summed E-state index contributed by atoms with van der Waals surface area (Å²) in [5.41, 5.74) is 1.74. The lowest BCUT2D eigenvalue weighted by atomic mass is 10.1. The van der Waals surface area contributed by atoms with E-state index in [4.69, 9.17) is 5.26 Å². The Kier molecular flexibility index (Phi) is 2.75. The minimum absolute atomic E-state index is 0.0270. The van der Waals surface area contributed by atoms with E-state index in [1.165, 1.54) is 0 Å². The van der Waals surface area contributed by atoms with Crippen molar-refractivity contribution in [2.24, 2.45) is 7.05 Å². The van der Waals surface area contributed by atoms with E-state index in [1.54, 1.807) is 4.90 Å². The SMILES string of the molecule is Cn1cc(C(=O)N(CC#N)C2CC2)c2ccccc21. The first-order chi connectivity index (χ1) is 9.22. The molecule has 1 aromatic heterocycles. The van der Waals surface area contributed by atoms with Gasteiger partial charge >= 0.3 is 0 Å². The Bertz CT molecular complexity index is 676. The van der Waals surface area contributed by atoms with Crippen LogP contribution in [0.15, 0.2) is 30.5 Å². The quantitative estimate of drug-likeness (QED) is 0.788. The predicted molar refractivity (Wildman–Crippen MR) is 72.6 cm³/mol. The number of hydrogen-bond donors (Lipinski definition) is 0. The number of carbonyl (C=O) groups excluding carboxylic acids is 1. The van der Waals surface area contributed by atoms with Gasteiger partial charge in [0.05, 0.1) is 11.6 Å². The summed E-state index contributed by atoms with van der Waals surface area (Å²) in [5, 5.41) is 9.84. The maximum atomic E-state index is 12.6. The molecule has 2 aromatic rings. The number of nitriles is 1. The number of carbonyl (C=O) groups is 1. The molecule has 19 heavy (non-hydrogen) atoms. The van der Waals surface area contributed by atoms with Crippen molar-refractivity contribution in [1.82, 2.24) is 9.47 Å². The second-order valence-electron chi connectivity index (χ2n) is 4.99. The molecule has 1 amide bonds. The van der Waals surface area contributed by atoms with E-state index in [9.17, 15) is 4.79 Å². The zero-order valence-corrected chi connectivity index (χ0v) is 10.8. The van der Waals surface area contributed by atoms with Crippen LogP contribution in [0.25, 0.3) is 10.9 Å². The topological polar surface area (TPSA) is 49.0 Å². The van der Waals surface area contributed by atoms with E-state index in [-0.39, 0.29) is 18.5 Å². The molecular formula is C15H15N3O. The molecule has 1 saturated carbocycles. The number of nitrogens with zero attached hydrogens (tertiary/aromatic N) is 3. The zero-order valence-electron chi connectivity index (χ0n) is 10.8. The molecule has 0 N–H and O–H groups in total. The Labute approximate surface area is 111 Å². The summed E-state index contributed by atoms with van der Waals surface area (Å²) in [6.45, 7) is 0.173. The van der Waals surface area contributed by atoms with Crippen LogP contribution in [0.1, 0.15) is 23.2 Å². The van der Waals surface area contributed by atoms with E-state index < -0.39 is 0 Å². The first kappa shape index (κ1) is 11.8. The lowest BCUT2D eigenvalue weighted by Gasteiger charge is -2.18. The van der Waals surface area contributed by atoms with Gasteiger partial charge < -0.3 is 9.47 Å². The van der Waals surface area contributed by atoms with E-state index in [0.717, 1.165) is 23.7 Å². The van der Waals surface area contributed by atoms with Crippen molar-refractivity contribution < 1.29 is 4.79 Å². The summed E-state index contributed by atoms with van der Waals surface area (Å²) in [5.74, 6) is -0.0270. The van der Waals surface area contributed by atoms with Crippen molar-refractivity contribution in [2.75, 3.05) is 6.54 Å². The Morgan fingerprint density at radius 3 is 2.89 bits per heavy atom. The molecule has 1 aliphatic rings. The molecule has 0 spiro atoms. The molecule has 0 saturated heterocycles. The molecule has 3 rings (SSSR count). The van der Waals surface area contributed by atoms with Crippen LogP contribution in [0.3, 0.4) is 0 Å². The second kappa shape index (κ2) is 4.43. The normalized spacial score (nSPS) is 14.3. The number of aromatic nitrogens is 1. The molecule has 1 fully saturated rings. The lowest BCUT2D eigenvalue weighted by Crippen LogP contribution is -2.33. The van der Waals surface area contributed by atoms with Gasteiger partial charge in [-0.3, -0.25) is 4.79 Å². The highest BCUT2D eigenvalue weighted by Gasteiger charge is 2.33. The van der Waals surface area contributed by atoms with Crippen LogP contribution in [-0.2, 0) is 7.05 Å². The highest BCUT2D eigenvalue weighted by atomic mass is 16.2. The summed E-state index contributed by atoms with van der Waals surface area (Å²) in [6.07, 6.45) is 3.89. The number of hydrogen-bond acceptors (Lipinski definition) is 2. The summed E-state index contributed by atoms with van der Waals surface area (Å²) in [6, 6.07) is 10.2. The largest absolute Gasteiger partial charge is 0.350 e. The highest BCUT2D eigenvalue weighted by Crippen LogP contribution is 2.30. The van der Waals surface area contributed by atoms with E-state index in [0.29, 0.717) is 5.56 Å². The molecule has 0 unspecified atom stereocenters. The second-order valence-corrected chi connectivity index (χ2v) is 4.99. The highest BCUT2D eigenvalue weighted by molar-refractivity contribution is 6.07. The average Bonchev–Trinajstić information content (AvgIpc) is 3.21. The van der Waals surface area contributed by atoms with Gasteiger partial charge in [0.2, 0.25) is 0 Å². The number of aryl methyl sites for hydroxylation is 1. The smallest absolute Gasteiger partial charge is 0.257 e. The minimum atomic E-state index is -0.0270. The maximum absolute atomic E-state index is 12.6. The molecule has 4 heteroatoms. The van der Waals surface area contributed by atoms with Gasteiger partial charge in [-0.25, -0.2) is 0 Å². The standard InChI is InChI=1S/C15H15N3O/c1-17-10-13(12-4-2-3-5-14(12)17)15(19)18(9-8-16)11-6-7-11/h2-5,10-11H,6-7,9H2,1H3. The molecule has 0 atom stereocenters. The van der Waals surface area contributed by atoms with E-state index in [2.05, 4.69) is 6.07 Å². The van der Waals surface area contributed by atoms with Gasteiger partial charge in [-0.15, -0.1) is 0 Å². The van der Waals surface area contributed by atoms with Crippen LogP contribution in [0.5, 0.6) is 0 Å². The Balaban J connectivity index is 2.03. The van der Waals surface area contributed by atoms with Gasteiger partial charge in [0, 0.05) is 30.2 Å². The zero-order chi connectivity index (χ0) is 13.4. The number of rotatable bonds is 3. The van der Waals surface area contributed by atoms with Crippen LogP contribution in [0.4, 0.5) is 0 Å². The third-order valence-corrected chi connectivity index (χ3v) is 3.62. The molecule has 0 aliphatic heterocycles. The number of benzene rings is 1. The lowest BCUT2D eigenvalue weighted by molar-refractivity contribution is 0.0766. The molecule has 4 nitrogen and oxygen atoms in total. The van der Waals surface area contributed by atoms with Crippen LogP contribution in [-0.4, -0.2) is 28.0 Å². The predicted octanol–water partition coefficient (Wildman–Crippen LogP) is 2.31. The van der Waals surface area contributed by atoms with Gasteiger partial charge in [-0.05, 0) is 18.9 Å². The third kappa shape index (κ3) is 1.97. The van der Waals surface area contributed by atoms with Crippen molar-refractivity contribution >= 4 is 16.8 Å². The van der Waals surface area contributed by atoms with Crippen molar-refractivity contribution in [3.63, 3.8) is 0 Å². The summed E-state index contributed by atoms with van der Waals surface area (Å²) < 4.78 is 1.96. The van der Waals surface area contributed by atoms with E-state index >= 15 is 0 Å². The summed E-state index contributed by atoms with van der Waals surface area (Å²) in [7, 11) is 1.94. The van der Waals surface area contributed by atoms with Crippen LogP contribution in [0.2, 0.25) is 0 Å². The monoisotopic (exact) mass is 253 g/mol. The first-order valence-electron chi connectivity index (χ1n) is 6.44. The number of amides is 1. The van der Waals surface area contributed by atoms with Gasteiger partial charge in [0.15, 0.2) is 0 Å². The molecule has 0 bridgehead atoms. The fourth-order valence-electron chi connectivity index (χ4n) is 2.50. The molecule has 1 aliphatic carbocycles. The average molecular weight is 253 g/mol. The third-order valence-electron chi connectivity index (χ3n) is 3.62. The minimum Gasteiger partial charge on any atom is -0.350 e. The van der Waals surface area contributed by atoms with E-state index in [1.807, 2.05) is 42.1 Å². The molecule has 1 heterocycles. The Morgan fingerprint density at radius 1 is 1.47 bits per heavy atom. The van der Waals surface area contributed by atoms with Gasteiger partial charge in [-0.2, -0.15) is 5.26 Å². The van der Waals surface area contributed by atoms with Crippen LogP contribution < -0.4 is 0 Å².